The van der Waals surface area contributed by atoms with E-state index in [1.807, 2.05) is 120 Å². The Morgan fingerprint density at radius 3 is 1.92 bits per heavy atom. The number of aromatic nitrogens is 4. The van der Waals surface area contributed by atoms with Gasteiger partial charge < -0.3 is 8.98 Å². The zero-order chi connectivity index (χ0) is 36.8. The molecular formula is C43H26N4O. The molecule has 10 aromatic rings. The van der Waals surface area contributed by atoms with Crippen LogP contribution < -0.4 is 0 Å². The van der Waals surface area contributed by atoms with Gasteiger partial charge in [0.2, 0.25) is 0 Å². The van der Waals surface area contributed by atoms with Crippen molar-refractivity contribution in [1.29, 1.82) is 0 Å². The molecule has 3 aromatic heterocycles. The van der Waals surface area contributed by atoms with Gasteiger partial charge in [-0.05, 0) is 47.1 Å². The molecule has 0 aliphatic carbocycles. The highest BCUT2D eigenvalue weighted by Gasteiger charge is 2.19. The molecule has 0 unspecified atom stereocenters. The van der Waals surface area contributed by atoms with Gasteiger partial charge in [-0.3, -0.25) is 0 Å². The normalized spacial score (nSPS) is 13.5. The molecule has 0 radical (unpaired) electrons. The van der Waals surface area contributed by atoms with E-state index in [-0.39, 0.29) is 69.2 Å². The standard InChI is InChI=1S/C43H26N4O/c1-3-12-27(13-4-1)41-44-42(28-14-5-2-6-15-28)46-43(45-41)34-19-11-21-38-40(34)33-23-22-31(26-39(33)48-38)47-36-20-10-9-18-32(36)35-24-29-16-7-8-17-30(29)25-37(35)47/h1-26H/i11D,19D,21D,22D,23D,26D. The van der Waals surface area contributed by atoms with Gasteiger partial charge in [-0.1, -0.05) is 115 Å². The molecule has 3 heterocycles. The largest absolute Gasteiger partial charge is 0.456 e. The molecule has 0 bridgehead atoms. The highest BCUT2D eigenvalue weighted by atomic mass is 16.3. The Labute approximate surface area is 283 Å². The van der Waals surface area contributed by atoms with Crippen LogP contribution in [0.3, 0.4) is 0 Å². The minimum absolute atomic E-state index is 0.0342. The Kier molecular flexibility index (Phi) is 4.64. The van der Waals surface area contributed by atoms with Gasteiger partial charge >= 0.3 is 0 Å². The second kappa shape index (κ2) is 10.5. The minimum Gasteiger partial charge on any atom is -0.456 e. The molecule has 5 nitrogen and oxygen atoms in total. The van der Waals surface area contributed by atoms with Crippen LogP contribution in [-0.2, 0) is 0 Å². The van der Waals surface area contributed by atoms with Crippen molar-refractivity contribution >= 4 is 54.5 Å². The van der Waals surface area contributed by atoms with Crippen LogP contribution in [0, 0.1) is 0 Å². The molecule has 0 fully saturated rings. The van der Waals surface area contributed by atoms with Crippen LogP contribution in [0.1, 0.15) is 8.22 Å². The Bertz CT molecular complexity index is 3120. The first kappa shape index (κ1) is 21.3. The fourth-order valence-corrected chi connectivity index (χ4v) is 6.53. The summed E-state index contributed by atoms with van der Waals surface area (Å²) in [5.41, 5.74) is 3.02. The van der Waals surface area contributed by atoms with E-state index in [0.29, 0.717) is 22.8 Å². The van der Waals surface area contributed by atoms with E-state index in [4.69, 9.17) is 22.1 Å². The fraction of sp³-hybridized carbons (Fsp3) is 0. The summed E-state index contributed by atoms with van der Waals surface area (Å²) in [4.78, 5) is 14.4. The zero-order valence-electron chi connectivity index (χ0n) is 31.2. The number of benzene rings is 7. The molecule has 0 spiro atoms. The van der Waals surface area contributed by atoms with Crippen molar-refractivity contribution in [3.63, 3.8) is 0 Å². The highest BCUT2D eigenvalue weighted by Crippen LogP contribution is 2.39. The first-order chi connectivity index (χ1) is 26.3. The van der Waals surface area contributed by atoms with E-state index in [2.05, 4.69) is 6.07 Å². The molecule has 0 saturated heterocycles. The maximum absolute atomic E-state index is 9.63. The third-order valence-electron chi connectivity index (χ3n) is 8.75. The molecule has 0 aliphatic rings. The smallest absolute Gasteiger partial charge is 0.164 e. The van der Waals surface area contributed by atoms with Crippen molar-refractivity contribution < 1.29 is 12.6 Å². The van der Waals surface area contributed by atoms with Crippen molar-refractivity contribution in [2.75, 3.05) is 0 Å². The van der Waals surface area contributed by atoms with Crippen LogP contribution >= 0.6 is 0 Å². The summed E-state index contributed by atoms with van der Waals surface area (Å²) in [6, 6.07) is 36.8. The third kappa shape index (κ3) is 4.15. The predicted octanol–water partition coefficient (Wildman–Crippen LogP) is 11.0. The highest BCUT2D eigenvalue weighted by molar-refractivity contribution is 6.15. The molecule has 5 heteroatoms. The lowest BCUT2D eigenvalue weighted by atomic mass is 10.0. The third-order valence-corrected chi connectivity index (χ3v) is 8.75. The number of furan rings is 1. The van der Waals surface area contributed by atoms with Crippen LogP contribution in [-0.4, -0.2) is 19.5 Å². The van der Waals surface area contributed by atoms with Crippen molar-refractivity contribution in [2.45, 2.75) is 0 Å². The van der Waals surface area contributed by atoms with E-state index < -0.39 is 6.04 Å². The average Bonchev–Trinajstić information content (AvgIpc) is 3.76. The lowest BCUT2D eigenvalue weighted by molar-refractivity contribution is 0.668. The molecule has 224 valence electrons. The first-order valence-electron chi connectivity index (χ1n) is 18.6. The zero-order valence-corrected chi connectivity index (χ0v) is 25.2. The Morgan fingerprint density at radius 1 is 0.521 bits per heavy atom. The van der Waals surface area contributed by atoms with Gasteiger partial charge in [0.1, 0.15) is 11.2 Å². The molecular weight excluding hydrogens is 589 g/mol. The molecule has 0 saturated carbocycles. The van der Waals surface area contributed by atoms with E-state index in [9.17, 15) is 5.48 Å². The molecule has 0 atom stereocenters. The monoisotopic (exact) mass is 620 g/mol. The Hall–Kier alpha value is -6.59. The molecule has 10 rings (SSSR count). The number of nitrogens with zero attached hydrogens (tertiary/aromatic N) is 4. The van der Waals surface area contributed by atoms with Crippen LogP contribution in [0.4, 0.5) is 0 Å². The summed E-state index contributed by atoms with van der Waals surface area (Å²) in [6.07, 6.45) is 0. The van der Waals surface area contributed by atoms with Crippen LogP contribution in [0.25, 0.3) is 94.4 Å². The van der Waals surface area contributed by atoms with Crippen molar-refractivity contribution in [3.8, 4) is 39.9 Å². The molecule has 0 N–H and O–H groups in total. The van der Waals surface area contributed by atoms with Gasteiger partial charge in [0.05, 0.1) is 19.3 Å². The summed E-state index contributed by atoms with van der Waals surface area (Å²) in [5.74, 6) is 0.705. The molecule has 7 aromatic carbocycles. The lowest BCUT2D eigenvalue weighted by Crippen LogP contribution is -2.00. The van der Waals surface area contributed by atoms with Crippen molar-refractivity contribution in [2.24, 2.45) is 0 Å². The summed E-state index contributed by atoms with van der Waals surface area (Å²) < 4.78 is 63.8. The SMILES string of the molecule is [2H]c1c([2H])c(-c2nc(-c3ccccc3)nc(-c3ccccc3)n2)c2c(oc3c([2H])c(-n4c5ccccc5c5cc6ccccc6cc54)c([2H])c([2H])c32)c1[2H]. The van der Waals surface area contributed by atoms with E-state index in [0.717, 1.165) is 32.6 Å². The topological polar surface area (TPSA) is 56.7 Å². The second-order valence-corrected chi connectivity index (χ2v) is 11.6. The summed E-state index contributed by atoms with van der Waals surface area (Å²) in [6.45, 7) is 0. The Morgan fingerprint density at radius 2 is 1.17 bits per heavy atom. The quantitative estimate of drug-likeness (QED) is 0.196. The van der Waals surface area contributed by atoms with Crippen molar-refractivity contribution in [3.05, 3.63) is 158 Å². The van der Waals surface area contributed by atoms with Gasteiger partial charge in [-0.15, -0.1) is 0 Å². The molecule has 0 amide bonds. The summed E-state index contributed by atoms with van der Waals surface area (Å²) in [5, 5.41) is 4.11. The maximum Gasteiger partial charge on any atom is 0.164 e. The fourth-order valence-electron chi connectivity index (χ4n) is 6.53. The molecule has 48 heavy (non-hydrogen) atoms. The Balaban J connectivity index is 1.31. The van der Waals surface area contributed by atoms with Crippen LogP contribution in [0.5, 0.6) is 0 Å². The first-order valence-corrected chi connectivity index (χ1v) is 15.6. The van der Waals surface area contributed by atoms with Gasteiger partial charge in [0.25, 0.3) is 0 Å². The van der Waals surface area contributed by atoms with Crippen LogP contribution in [0.2, 0.25) is 0 Å². The van der Waals surface area contributed by atoms with E-state index in [1.165, 1.54) is 0 Å². The van der Waals surface area contributed by atoms with Gasteiger partial charge in [0, 0.05) is 50.0 Å². The average molecular weight is 621 g/mol. The number of fused-ring (bicyclic) bond motifs is 7. The molecule has 0 aliphatic heterocycles. The van der Waals surface area contributed by atoms with Gasteiger partial charge in [-0.2, -0.15) is 0 Å². The summed E-state index contributed by atoms with van der Waals surface area (Å²) in [7, 11) is 0. The van der Waals surface area contributed by atoms with Gasteiger partial charge in [0.15, 0.2) is 17.5 Å². The predicted molar refractivity (Wildman–Crippen MR) is 195 cm³/mol. The van der Waals surface area contributed by atoms with E-state index in [1.54, 1.807) is 0 Å². The van der Waals surface area contributed by atoms with Crippen molar-refractivity contribution in [1.82, 2.24) is 19.5 Å². The number of hydrogen-bond donors (Lipinski definition) is 0. The second-order valence-electron chi connectivity index (χ2n) is 11.6. The lowest BCUT2D eigenvalue weighted by Gasteiger charge is -2.09. The number of rotatable bonds is 4. The minimum atomic E-state index is -0.418. The maximum atomic E-state index is 9.63. The van der Waals surface area contributed by atoms with E-state index >= 15 is 0 Å². The summed E-state index contributed by atoms with van der Waals surface area (Å²) >= 11 is 0. The van der Waals surface area contributed by atoms with Crippen LogP contribution in [0.15, 0.2) is 162 Å². The van der Waals surface area contributed by atoms with Gasteiger partial charge in [-0.25, -0.2) is 15.0 Å². The number of hydrogen-bond acceptors (Lipinski definition) is 4. The number of para-hydroxylation sites is 1.